The Kier molecular flexibility index (Phi) is 6.77. The largest absolute Gasteiger partial charge is 0.383 e. The Hall–Kier alpha value is -1.47. The van der Waals surface area contributed by atoms with Crippen molar-refractivity contribution in [2.45, 2.75) is 13.8 Å². The van der Waals surface area contributed by atoms with E-state index in [-0.39, 0.29) is 16.1 Å². The van der Waals surface area contributed by atoms with E-state index < -0.39 is 4.92 Å². The number of hydrogen-bond donors (Lipinski definition) is 0. The minimum absolute atomic E-state index is 0.114. The van der Waals surface area contributed by atoms with Gasteiger partial charge in [0.1, 0.15) is 4.47 Å². The predicted molar refractivity (Wildman–Crippen MR) is 83.4 cm³/mol. The molecule has 0 aliphatic rings. The van der Waals surface area contributed by atoms with E-state index in [4.69, 9.17) is 4.74 Å². The minimum Gasteiger partial charge on any atom is -0.383 e. The van der Waals surface area contributed by atoms with E-state index in [1.165, 1.54) is 12.1 Å². The topological polar surface area (TPSA) is 72.7 Å². The lowest BCUT2D eigenvalue weighted by Gasteiger charge is -2.24. The highest BCUT2D eigenvalue weighted by atomic mass is 79.9. The van der Waals surface area contributed by atoms with E-state index in [2.05, 4.69) is 15.9 Å². The van der Waals surface area contributed by atoms with Crippen LogP contribution in [0, 0.1) is 16.0 Å². The van der Waals surface area contributed by atoms with Crippen LogP contribution in [-0.4, -0.2) is 42.5 Å². The molecule has 1 aromatic carbocycles. The monoisotopic (exact) mass is 358 g/mol. The summed E-state index contributed by atoms with van der Waals surface area (Å²) in [5.41, 5.74) is 0.179. The second-order valence-electron chi connectivity index (χ2n) is 5.03. The van der Waals surface area contributed by atoms with Gasteiger partial charge in [-0.1, -0.05) is 19.9 Å². The zero-order valence-corrected chi connectivity index (χ0v) is 13.9. The highest BCUT2D eigenvalue weighted by Gasteiger charge is 2.23. The molecule has 1 aromatic rings. The van der Waals surface area contributed by atoms with Gasteiger partial charge in [-0.25, -0.2) is 0 Å². The van der Waals surface area contributed by atoms with E-state index in [0.717, 1.165) is 0 Å². The number of methoxy groups -OCH3 is 1. The molecule has 0 saturated heterocycles. The van der Waals surface area contributed by atoms with Crippen molar-refractivity contribution < 1.29 is 14.5 Å². The predicted octanol–water partition coefficient (Wildman–Crippen LogP) is 3.10. The number of benzene rings is 1. The second kappa shape index (κ2) is 8.09. The van der Waals surface area contributed by atoms with Crippen molar-refractivity contribution in [2.24, 2.45) is 5.92 Å². The summed E-state index contributed by atoms with van der Waals surface area (Å²) >= 11 is 3.16. The SMILES string of the molecule is COCCN(CC(C)C)C(=O)c1cccc([N+](=O)[O-])c1Br. The summed E-state index contributed by atoms with van der Waals surface area (Å²) in [4.78, 5) is 24.7. The third-order valence-electron chi connectivity index (χ3n) is 2.84. The Bertz CT molecular complexity index is 520. The number of nitrogens with zero attached hydrogens (tertiary/aromatic N) is 2. The van der Waals surface area contributed by atoms with Gasteiger partial charge in [-0.3, -0.25) is 14.9 Å². The van der Waals surface area contributed by atoms with Crippen molar-refractivity contribution in [3.05, 3.63) is 38.3 Å². The van der Waals surface area contributed by atoms with Crippen molar-refractivity contribution >= 4 is 27.5 Å². The van der Waals surface area contributed by atoms with Crippen molar-refractivity contribution in [1.82, 2.24) is 4.90 Å². The van der Waals surface area contributed by atoms with E-state index in [9.17, 15) is 14.9 Å². The average Bonchev–Trinajstić information content (AvgIpc) is 2.42. The normalized spacial score (nSPS) is 10.7. The number of rotatable bonds is 7. The molecule has 0 radical (unpaired) electrons. The fraction of sp³-hybridized carbons (Fsp3) is 0.500. The molecule has 7 heteroatoms. The van der Waals surface area contributed by atoms with E-state index in [1.54, 1.807) is 18.1 Å². The number of nitro benzene ring substituents is 1. The van der Waals surface area contributed by atoms with Crippen LogP contribution in [0.5, 0.6) is 0 Å². The van der Waals surface area contributed by atoms with Gasteiger partial charge in [0.15, 0.2) is 0 Å². The highest BCUT2D eigenvalue weighted by molar-refractivity contribution is 9.10. The van der Waals surface area contributed by atoms with Gasteiger partial charge >= 0.3 is 0 Å². The lowest BCUT2D eigenvalue weighted by Crippen LogP contribution is -2.37. The maximum Gasteiger partial charge on any atom is 0.284 e. The Labute approximate surface area is 132 Å². The lowest BCUT2D eigenvalue weighted by molar-refractivity contribution is -0.385. The van der Waals surface area contributed by atoms with Crippen LogP contribution in [0.15, 0.2) is 22.7 Å². The highest BCUT2D eigenvalue weighted by Crippen LogP contribution is 2.29. The third kappa shape index (κ3) is 4.78. The second-order valence-corrected chi connectivity index (χ2v) is 5.83. The number of amides is 1. The van der Waals surface area contributed by atoms with E-state index in [1.807, 2.05) is 13.8 Å². The zero-order valence-electron chi connectivity index (χ0n) is 12.3. The summed E-state index contributed by atoms with van der Waals surface area (Å²) in [5.74, 6) is 0.0552. The Morgan fingerprint density at radius 1 is 1.48 bits per heavy atom. The molecule has 0 spiro atoms. The van der Waals surface area contributed by atoms with Gasteiger partial charge < -0.3 is 9.64 Å². The van der Waals surface area contributed by atoms with Crippen LogP contribution in [-0.2, 0) is 4.74 Å². The van der Waals surface area contributed by atoms with Crippen molar-refractivity contribution in [1.29, 1.82) is 0 Å². The van der Waals surface area contributed by atoms with Gasteiger partial charge in [0.05, 0.1) is 17.1 Å². The van der Waals surface area contributed by atoms with E-state index in [0.29, 0.717) is 31.2 Å². The van der Waals surface area contributed by atoms with Gasteiger partial charge in [0.25, 0.3) is 11.6 Å². The van der Waals surface area contributed by atoms with Gasteiger partial charge in [-0.15, -0.1) is 0 Å². The molecule has 0 fully saturated rings. The summed E-state index contributed by atoms with van der Waals surface area (Å²) in [6.45, 7) is 5.45. The molecule has 0 heterocycles. The minimum atomic E-state index is -0.511. The zero-order chi connectivity index (χ0) is 16.0. The molecule has 21 heavy (non-hydrogen) atoms. The summed E-state index contributed by atoms with van der Waals surface area (Å²) in [6.07, 6.45) is 0. The van der Waals surface area contributed by atoms with Crippen molar-refractivity contribution in [3.8, 4) is 0 Å². The number of ether oxygens (including phenoxy) is 1. The quantitative estimate of drug-likeness (QED) is 0.554. The summed E-state index contributed by atoms with van der Waals surface area (Å²) in [7, 11) is 1.57. The lowest BCUT2D eigenvalue weighted by atomic mass is 10.1. The van der Waals surface area contributed by atoms with Crippen LogP contribution in [0.3, 0.4) is 0 Å². The first-order valence-electron chi connectivity index (χ1n) is 6.59. The molecule has 0 N–H and O–H groups in total. The summed E-state index contributed by atoms with van der Waals surface area (Å²) < 4.78 is 5.23. The molecule has 0 aliphatic carbocycles. The van der Waals surface area contributed by atoms with Crippen molar-refractivity contribution in [2.75, 3.05) is 26.8 Å². The number of hydrogen-bond acceptors (Lipinski definition) is 4. The summed E-state index contributed by atoms with van der Waals surface area (Å²) in [5, 5.41) is 10.9. The fourth-order valence-electron chi connectivity index (χ4n) is 1.91. The molecule has 0 aromatic heterocycles. The van der Waals surface area contributed by atoms with Crippen molar-refractivity contribution in [3.63, 3.8) is 0 Å². The molecule has 1 amide bonds. The number of carbonyl (C=O) groups is 1. The third-order valence-corrected chi connectivity index (χ3v) is 3.68. The van der Waals surface area contributed by atoms with Crippen LogP contribution in [0.1, 0.15) is 24.2 Å². The molecule has 0 unspecified atom stereocenters. The molecule has 0 saturated carbocycles. The first-order chi connectivity index (χ1) is 9.88. The Morgan fingerprint density at radius 3 is 2.67 bits per heavy atom. The van der Waals surface area contributed by atoms with Crippen LogP contribution in [0.4, 0.5) is 5.69 Å². The molecular weight excluding hydrogens is 340 g/mol. The number of nitro groups is 1. The maximum atomic E-state index is 12.6. The first kappa shape index (κ1) is 17.6. The smallest absolute Gasteiger partial charge is 0.284 e. The molecule has 116 valence electrons. The van der Waals surface area contributed by atoms with Gasteiger partial charge in [0.2, 0.25) is 0 Å². The van der Waals surface area contributed by atoms with Crippen LogP contribution in [0.25, 0.3) is 0 Å². The Balaban J connectivity index is 3.08. The molecule has 0 bridgehead atoms. The van der Waals surface area contributed by atoms with Gasteiger partial charge in [0, 0.05) is 26.3 Å². The summed E-state index contributed by atoms with van der Waals surface area (Å²) in [6, 6.07) is 4.46. The van der Waals surface area contributed by atoms with Crippen LogP contribution >= 0.6 is 15.9 Å². The average molecular weight is 359 g/mol. The molecular formula is C14H19BrN2O4. The van der Waals surface area contributed by atoms with E-state index >= 15 is 0 Å². The van der Waals surface area contributed by atoms with Crippen LogP contribution < -0.4 is 0 Å². The Morgan fingerprint density at radius 2 is 2.14 bits per heavy atom. The molecule has 0 aliphatic heterocycles. The van der Waals surface area contributed by atoms with Crippen LogP contribution in [0.2, 0.25) is 0 Å². The standard InChI is InChI=1S/C14H19BrN2O4/c1-10(2)9-16(7-8-21-3)14(18)11-5-4-6-12(13(11)15)17(19)20/h4-6,10H,7-9H2,1-3H3. The maximum absolute atomic E-state index is 12.6. The first-order valence-corrected chi connectivity index (χ1v) is 7.38. The molecule has 6 nitrogen and oxygen atoms in total. The number of carbonyl (C=O) groups excluding carboxylic acids is 1. The number of halogens is 1. The molecule has 0 atom stereocenters. The molecule has 1 rings (SSSR count). The van der Waals surface area contributed by atoms with Gasteiger partial charge in [-0.2, -0.15) is 0 Å². The van der Waals surface area contributed by atoms with Gasteiger partial charge in [-0.05, 0) is 27.9 Å². The fourth-order valence-corrected chi connectivity index (χ4v) is 2.49.